The summed E-state index contributed by atoms with van der Waals surface area (Å²) < 4.78 is 9.27. The van der Waals surface area contributed by atoms with Crippen LogP contribution in [0.5, 0.6) is 0 Å². The molecule has 1 aliphatic rings. The first kappa shape index (κ1) is 33.2. The van der Waals surface area contributed by atoms with Crippen LogP contribution < -0.4 is 4.90 Å². The minimum atomic E-state index is -0.307. The first-order valence-corrected chi connectivity index (χ1v) is 20.8. The summed E-state index contributed by atoms with van der Waals surface area (Å²) >= 11 is 1.88. The molecule has 12 rings (SSSR count). The van der Waals surface area contributed by atoms with E-state index in [0.717, 1.165) is 38.9 Å². The Bertz CT molecular complexity index is 3420. The van der Waals surface area contributed by atoms with Crippen molar-refractivity contribution in [3.8, 4) is 33.4 Å². The number of benzene rings is 9. The molecule has 0 unspecified atom stereocenters. The van der Waals surface area contributed by atoms with Crippen molar-refractivity contribution in [3.05, 3.63) is 199 Å². The number of fused-ring (bicyclic) bond motifs is 8. The van der Waals surface area contributed by atoms with Crippen LogP contribution in [-0.4, -0.2) is 0 Å². The largest absolute Gasteiger partial charge is 0.455 e. The maximum Gasteiger partial charge on any atom is 0.143 e. The van der Waals surface area contributed by atoms with Gasteiger partial charge in [0.25, 0.3) is 0 Å². The van der Waals surface area contributed by atoms with E-state index in [2.05, 4.69) is 207 Å². The third kappa shape index (κ3) is 4.77. The van der Waals surface area contributed by atoms with Crippen LogP contribution >= 0.6 is 11.3 Å². The fourth-order valence-electron chi connectivity index (χ4n) is 9.85. The minimum Gasteiger partial charge on any atom is -0.455 e. The van der Waals surface area contributed by atoms with E-state index in [4.69, 9.17) is 4.42 Å². The van der Waals surface area contributed by atoms with Crippen LogP contribution in [0.25, 0.3) is 86.3 Å². The van der Waals surface area contributed by atoms with Crippen molar-refractivity contribution >= 4 is 81.3 Å². The quantitative estimate of drug-likeness (QED) is 0.174. The molecule has 0 aliphatic heterocycles. The molecular formula is C55H37NOS. The van der Waals surface area contributed by atoms with Gasteiger partial charge in [-0.05, 0) is 80.6 Å². The molecule has 9 aromatic carbocycles. The lowest BCUT2D eigenvalue weighted by molar-refractivity contribution is 0.646. The van der Waals surface area contributed by atoms with Crippen LogP contribution in [0.1, 0.15) is 25.0 Å². The summed E-state index contributed by atoms with van der Waals surface area (Å²) in [5, 5.41) is 7.42. The molecule has 2 heterocycles. The minimum absolute atomic E-state index is 0.307. The highest BCUT2D eigenvalue weighted by atomic mass is 32.1. The molecule has 2 aromatic heterocycles. The van der Waals surface area contributed by atoms with Crippen molar-refractivity contribution in [3.63, 3.8) is 0 Å². The first-order valence-electron chi connectivity index (χ1n) is 20.0. The number of thiophene rings is 1. The summed E-state index contributed by atoms with van der Waals surface area (Å²) in [6, 6.07) is 68.8. The molecule has 0 amide bonds. The van der Waals surface area contributed by atoms with Gasteiger partial charge in [-0.15, -0.1) is 11.3 Å². The lowest BCUT2D eigenvalue weighted by Gasteiger charge is -2.39. The van der Waals surface area contributed by atoms with E-state index in [1.54, 1.807) is 0 Å². The van der Waals surface area contributed by atoms with Crippen molar-refractivity contribution < 1.29 is 4.42 Å². The maximum atomic E-state index is 6.70. The van der Waals surface area contributed by atoms with Crippen LogP contribution in [0, 0.1) is 0 Å². The number of furan rings is 1. The number of anilines is 3. The van der Waals surface area contributed by atoms with Crippen LogP contribution in [-0.2, 0) is 5.41 Å². The van der Waals surface area contributed by atoms with E-state index in [1.807, 2.05) is 11.3 Å². The number of hydrogen-bond acceptors (Lipinski definition) is 3. The summed E-state index contributed by atoms with van der Waals surface area (Å²) in [7, 11) is 0. The average molecular weight is 760 g/mol. The summed E-state index contributed by atoms with van der Waals surface area (Å²) in [6.07, 6.45) is 0. The molecule has 0 spiro atoms. The molecule has 0 radical (unpaired) electrons. The van der Waals surface area contributed by atoms with Crippen LogP contribution in [0.15, 0.2) is 192 Å². The van der Waals surface area contributed by atoms with Gasteiger partial charge in [0, 0.05) is 48.5 Å². The lowest BCUT2D eigenvalue weighted by atomic mass is 9.66. The van der Waals surface area contributed by atoms with Crippen molar-refractivity contribution in [1.82, 2.24) is 0 Å². The molecule has 0 saturated carbocycles. The topological polar surface area (TPSA) is 16.4 Å². The number of rotatable bonds is 5. The molecule has 0 saturated heterocycles. The zero-order chi connectivity index (χ0) is 38.5. The molecule has 0 N–H and O–H groups in total. The van der Waals surface area contributed by atoms with E-state index in [9.17, 15) is 0 Å². The third-order valence-corrected chi connectivity index (χ3v) is 13.7. The Kier molecular flexibility index (Phi) is 7.18. The normalized spacial score (nSPS) is 13.1. The molecule has 0 bridgehead atoms. The van der Waals surface area contributed by atoms with E-state index in [-0.39, 0.29) is 5.41 Å². The second-order valence-corrected chi connectivity index (χ2v) is 17.0. The van der Waals surface area contributed by atoms with Gasteiger partial charge in [0.2, 0.25) is 0 Å². The molecular weight excluding hydrogens is 723 g/mol. The summed E-state index contributed by atoms with van der Waals surface area (Å²) in [6.45, 7) is 4.80. The van der Waals surface area contributed by atoms with Gasteiger partial charge in [-0.25, -0.2) is 0 Å². The van der Waals surface area contributed by atoms with Gasteiger partial charge < -0.3 is 9.32 Å². The molecule has 0 fully saturated rings. The number of para-hydroxylation sites is 2. The Balaban J connectivity index is 1.17. The van der Waals surface area contributed by atoms with Gasteiger partial charge in [-0.3, -0.25) is 0 Å². The van der Waals surface area contributed by atoms with Gasteiger partial charge in [0.1, 0.15) is 11.2 Å². The SMILES string of the molecule is CC1(C)c2c(-c3cccc4c3oc3ccccc34)cccc2-c2c(N(c3ccc(-c4ccccc4)cc3)c3cccc4c3sc3ccccc34)ccc3cccc1c23. The Morgan fingerprint density at radius 1 is 0.483 bits per heavy atom. The van der Waals surface area contributed by atoms with E-state index >= 15 is 0 Å². The Morgan fingerprint density at radius 3 is 2.03 bits per heavy atom. The van der Waals surface area contributed by atoms with Gasteiger partial charge >= 0.3 is 0 Å². The van der Waals surface area contributed by atoms with Crippen LogP contribution in [0.2, 0.25) is 0 Å². The second-order valence-electron chi connectivity index (χ2n) is 16.0. The second kappa shape index (κ2) is 12.5. The fraction of sp³-hybridized carbons (Fsp3) is 0.0545. The number of nitrogens with zero attached hydrogens (tertiary/aromatic N) is 1. The Morgan fingerprint density at radius 2 is 1.16 bits per heavy atom. The molecule has 58 heavy (non-hydrogen) atoms. The van der Waals surface area contributed by atoms with E-state index in [1.165, 1.54) is 75.6 Å². The highest BCUT2D eigenvalue weighted by Crippen LogP contribution is 2.57. The van der Waals surface area contributed by atoms with Gasteiger partial charge in [0.15, 0.2) is 0 Å². The summed E-state index contributed by atoms with van der Waals surface area (Å²) in [5.74, 6) is 0. The highest BCUT2D eigenvalue weighted by Gasteiger charge is 2.38. The van der Waals surface area contributed by atoms with Crippen molar-refractivity contribution in [1.29, 1.82) is 0 Å². The average Bonchev–Trinajstić information content (AvgIpc) is 3.85. The Labute approximate surface area is 340 Å². The van der Waals surface area contributed by atoms with Crippen LogP contribution in [0.4, 0.5) is 17.1 Å². The molecule has 0 atom stereocenters. The summed E-state index contributed by atoms with van der Waals surface area (Å²) in [4.78, 5) is 2.52. The van der Waals surface area contributed by atoms with Crippen molar-refractivity contribution in [2.45, 2.75) is 19.3 Å². The molecule has 1 aliphatic carbocycles. The maximum absolute atomic E-state index is 6.70. The number of hydrogen-bond donors (Lipinski definition) is 0. The Hall–Kier alpha value is -6.94. The predicted molar refractivity (Wildman–Crippen MR) is 247 cm³/mol. The van der Waals surface area contributed by atoms with Crippen molar-refractivity contribution in [2.75, 3.05) is 4.90 Å². The van der Waals surface area contributed by atoms with Gasteiger partial charge in [-0.2, -0.15) is 0 Å². The van der Waals surface area contributed by atoms with Crippen molar-refractivity contribution in [2.24, 2.45) is 0 Å². The summed E-state index contributed by atoms with van der Waals surface area (Å²) in [5.41, 5.74) is 14.9. The molecule has 3 heteroatoms. The molecule has 11 aromatic rings. The van der Waals surface area contributed by atoms with E-state index in [0.29, 0.717) is 0 Å². The van der Waals surface area contributed by atoms with Gasteiger partial charge in [-0.1, -0.05) is 166 Å². The third-order valence-electron chi connectivity index (χ3n) is 12.4. The van der Waals surface area contributed by atoms with E-state index < -0.39 is 0 Å². The van der Waals surface area contributed by atoms with Crippen LogP contribution in [0.3, 0.4) is 0 Å². The zero-order valence-corrected chi connectivity index (χ0v) is 33.0. The standard InChI is InChI=1S/C55H37NOS/c1-55(2)45-24-10-16-36-30-33-46(51(50(36)45)44-23-11-19-40(52(44)55)42-21-12-20-41-38-17-6-8-26-48(38)57-53(41)42)56(37-31-28-35(29-32-37)34-14-4-3-5-15-34)47-25-13-22-43-39-18-7-9-27-49(39)58-54(43)47/h3-33H,1-2H3. The molecule has 2 nitrogen and oxygen atoms in total. The fourth-order valence-corrected chi connectivity index (χ4v) is 11.1. The monoisotopic (exact) mass is 759 g/mol. The van der Waals surface area contributed by atoms with Gasteiger partial charge in [0.05, 0.1) is 16.1 Å². The predicted octanol–water partition coefficient (Wildman–Crippen LogP) is 16.2. The molecule has 274 valence electrons. The lowest BCUT2D eigenvalue weighted by Crippen LogP contribution is -2.25. The first-order chi connectivity index (χ1) is 28.5. The zero-order valence-electron chi connectivity index (χ0n) is 32.2. The highest BCUT2D eigenvalue weighted by molar-refractivity contribution is 7.26. The smallest absolute Gasteiger partial charge is 0.143 e.